The second kappa shape index (κ2) is 4.60. The van der Waals surface area contributed by atoms with Crippen LogP contribution in [0.5, 0.6) is 5.75 Å². The monoisotopic (exact) mass is 253 g/mol. The van der Waals surface area contributed by atoms with Crippen LogP contribution in [0, 0.1) is 17.5 Å². The first-order valence-electron chi connectivity index (χ1n) is 5.11. The number of methoxy groups -OCH3 is 1. The summed E-state index contributed by atoms with van der Waals surface area (Å²) in [5.74, 6) is -3.50. The molecule has 0 radical (unpaired) electrons. The topological polar surface area (TPSA) is 35.2 Å². The minimum absolute atomic E-state index is 0.209. The van der Waals surface area contributed by atoms with E-state index in [9.17, 15) is 13.2 Å². The Morgan fingerprint density at radius 2 is 1.56 bits per heavy atom. The number of nitrogen functional groups attached to an aromatic ring is 1. The van der Waals surface area contributed by atoms with Crippen molar-refractivity contribution in [1.29, 1.82) is 0 Å². The molecular weight excluding hydrogens is 243 g/mol. The quantitative estimate of drug-likeness (QED) is 0.658. The summed E-state index contributed by atoms with van der Waals surface area (Å²) in [5.41, 5.74) is 6.71. The van der Waals surface area contributed by atoms with Crippen molar-refractivity contribution in [2.75, 3.05) is 12.8 Å². The van der Waals surface area contributed by atoms with E-state index < -0.39 is 17.5 Å². The van der Waals surface area contributed by atoms with Gasteiger partial charge in [0.1, 0.15) is 5.75 Å². The Morgan fingerprint density at radius 3 is 2.06 bits per heavy atom. The van der Waals surface area contributed by atoms with Crippen molar-refractivity contribution in [3.05, 3.63) is 47.8 Å². The standard InChI is InChI=1S/C13H10F3NO/c1-18-12-3-2-7(6-11(12)17)8-4-9(14)13(16)10(15)5-8/h2-6H,17H2,1H3. The highest BCUT2D eigenvalue weighted by Crippen LogP contribution is 2.29. The van der Waals surface area contributed by atoms with Gasteiger partial charge >= 0.3 is 0 Å². The highest BCUT2D eigenvalue weighted by molar-refractivity contribution is 5.70. The van der Waals surface area contributed by atoms with E-state index >= 15 is 0 Å². The average molecular weight is 253 g/mol. The molecule has 0 atom stereocenters. The fourth-order valence-corrected chi connectivity index (χ4v) is 1.64. The first-order chi connectivity index (χ1) is 8.52. The zero-order valence-corrected chi connectivity index (χ0v) is 9.51. The van der Waals surface area contributed by atoms with Gasteiger partial charge in [-0.3, -0.25) is 0 Å². The van der Waals surface area contributed by atoms with Crippen LogP contribution in [0.3, 0.4) is 0 Å². The van der Waals surface area contributed by atoms with Crippen LogP contribution in [0.25, 0.3) is 11.1 Å². The van der Waals surface area contributed by atoms with E-state index in [2.05, 4.69) is 0 Å². The molecule has 2 nitrogen and oxygen atoms in total. The summed E-state index contributed by atoms with van der Waals surface area (Å²) >= 11 is 0. The van der Waals surface area contributed by atoms with Gasteiger partial charge in [0.2, 0.25) is 0 Å². The summed E-state index contributed by atoms with van der Waals surface area (Å²) in [4.78, 5) is 0. The van der Waals surface area contributed by atoms with Crippen LogP contribution >= 0.6 is 0 Å². The second-order valence-electron chi connectivity index (χ2n) is 3.71. The van der Waals surface area contributed by atoms with Gasteiger partial charge < -0.3 is 10.5 Å². The third-order valence-electron chi connectivity index (χ3n) is 2.55. The molecule has 0 unspecified atom stereocenters. The van der Waals surface area contributed by atoms with Crippen LogP contribution < -0.4 is 10.5 Å². The molecule has 0 spiro atoms. The molecule has 0 saturated heterocycles. The van der Waals surface area contributed by atoms with Crippen molar-refractivity contribution in [3.8, 4) is 16.9 Å². The first-order valence-corrected chi connectivity index (χ1v) is 5.11. The van der Waals surface area contributed by atoms with E-state index in [1.807, 2.05) is 0 Å². The Bertz CT molecular complexity index is 576. The third-order valence-corrected chi connectivity index (χ3v) is 2.55. The van der Waals surface area contributed by atoms with Crippen LogP contribution in [0.2, 0.25) is 0 Å². The predicted molar refractivity (Wildman–Crippen MR) is 62.7 cm³/mol. The Hall–Kier alpha value is -2.17. The largest absolute Gasteiger partial charge is 0.495 e. The molecule has 18 heavy (non-hydrogen) atoms. The molecule has 5 heteroatoms. The van der Waals surface area contributed by atoms with Crippen molar-refractivity contribution in [1.82, 2.24) is 0 Å². The molecule has 0 bridgehead atoms. The molecule has 0 saturated carbocycles. The minimum Gasteiger partial charge on any atom is -0.495 e. The first kappa shape index (κ1) is 12.3. The van der Waals surface area contributed by atoms with Gasteiger partial charge in [0.05, 0.1) is 12.8 Å². The lowest BCUT2D eigenvalue weighted by atomic mass is 10.0. The summed E-state index contributed by atoms with van der Waals surface area (Å²) in [6.45, 7) is 0. The fraction of sp³-hybridized carbons (Fsp3) is 0.0769. The van der Waals surface area contributed by atoms with Gasteiger partial charge in [-0.1, -0.05) is 6.07 Å². The molecule has 94 valence electrons. The highest BCUT2D eigenvalue weighted by Gasteiger charge is 2.12. The zero-order valence-electron chi connectivity index (χ0n) is 9.51. The van der Waals surface area contributed by atoms with Gasteiger partial charge in [0.15, 0.2) is 17.5 Å². The van der Waals surface area contributed by atoms with Gasteiger partial charge in [0.25, 0.3) is 0 Å². The molecule has 0 aliphatic rings. The van der Waals surface area contributed by atoms with Crippen LogP contribution in [-0.4, -0.2) is 7.11 Å². The Balaban J connectivity index is 2.52. The van der Waals surface area contributed by atoms with Crippen LogP contribution in [-0.2, 0) is 0 Å². The number of hydrogen-bond acceptors (Lipinski definition) is 2. The van der Waals surface area contributed by atoms with E-state index in [1.54, 1.807) is 12.1 Å². The van der Waals surface area contributed by atoms with E-state index in [0.29, 0.717) is 17.0 Å². The normalized spacial score (nSPS) is 10.4. The number of rotatable bonds is 2. The molecule has 0 aromatic heterocycles. The summed E-state index contributed by atoms with van der Waals surface area (Å²) in [6.07, 6.45) is 0. The van der Waals surface area contributed by atoms with Crippen molar-refractivity contribution in [2.45, 2.75) is 0 Å². The molecule has 0 fully saturated rings. The van der Waals surface area contributed by atoms with Gasteiger partial charge in [-0.2, -0.15) is 0 Å². The summed E-state index contributed by atoms with van der Waals surface area (Å²) in [6, 6.07) is 6.50. The van der Waals surface area contributed by atoms with Crippen molar-refractivity contribution >= 4 is 5.69 Å². The lowest BCUT2D eigenvalue weighted by Gasteiger charge is -2.08. The minimum atomic E-state index is -1.49. The Morgan fingerprint density at radius 1 is 0.944 bits per heavy atom. The number of ether oxygens (including phenoxy) is 1. The van der Waals surface area contributed by atoms with Gasteiger partial charge in [-0.05, 0) is 35.4 Å². The van der Waals surface area contributed by atoms with Gasteiger partial charge in [0, 0.05) is 0 Å². The van der Waals surface area contributed by atoms with Gasteiger partial charge in [-0.15, -0.1) is 0 Å². The maximum Gasteiger partial charge on any atom is 0.194 e. The molecule has 2 aromatic rings. The van der Waals surface area contributed by atoms with Crippen molar-refractivity contribution in [3.63, 3.8) is 0 Å². The van der Waals surface area contributed by atoms with E-state index in [1.165, 1.54) is 13.2 Å². The molecule has 2 rings (SSSR count). The zero-order chi connectivity index (χ0) is 13.3. The summed E-state index contributed by atoms with van der Waals surface area (Å²) in [7, 11) is 1.46. The maximum atomic E-state index is 13.1. The summed E-state index contributed by atoms with van der Waals surface area (Å²) in [5, 5.41) is 0. The number of halogens is 3. The number of hydrogen-bond donors (Lipinski definition) is 1. The number of benzene rings is 2. The molecule has 0 aliphatic heterocycles. The Kier molecular flexibility index (Phi) is 3.14. The highest BCUT2D eigenvalue weighted by atomic mass is 19.2. The number of nitrogens with two attached hydrogens (primary N) is 1. The van der Waals surface area contributed by atoms with Crippen LogP contribution in [0.4, 0.5) is 18.9 Å². The molecular formula is C13H10F3NO. The molecule has 0 aliphatic carbocycles. The van der Waals surface area contributed by atoms with Crippen molar-refractivity contribution in [2.24, 2.45) is 0 Å². The number of anilines is 1. The van der Waals surface area contributed by atoms with E-state index in [4.69, 9.17) is 10.5 Å². The predicted octanol–water partition coefficient (Wildman–Crippen LogP) is 3.36. The molecule has 0 amide bonds. The maximum absolute atomic E-state index is 13.1. The third kappa shape index (κ3) is 2.11. The van der Waals surface area contributed by atoms with Crippen LogP contribution in [0.15, 0.2) is 30.3 Å². The van der Waals surface area contributed by atoms with E-state index in [-0.39, 0.29) is 5.56 Å². The average Bonchev–Trinajstić information content (AvgIpc) is 2.35. The summed E-state index contributed by atoms with van der Waals surface area (Å²) < 4.78 is 44.0. The smallest absolute Gasteiger partial charge is 0.194 e. The molecule has 2 N–H and O–H groups in total. The lowest BCUT2D eigenvalue weighted by Crippen LogP contribution is -1.94. The Labute approximate surface area is 102 Å². The molecule has 2 aromatic carbocycles. The molecule has 0 heterocycles. The fourth-order valence-electron chi connectivity index (χ4n) is 1.64. The van der Waals surface area contributed by atoms with E-state index in [0.717, 1.165) is 12.1 Å². The van der Waals surface area contributed by atoms with Gasteiger partial charge in [-0.25, -0.2) is 13.2 Å². The SMILES string of the molecule is COc1ccc(-c2cc(F)c(F)c(F)c2)cc1N. The lowest BCUT2D eigenvalue weighted by molar-refractivity contribution is 0.417. The van der Waals surface area contributed by atoms with Crippen molar-refractivity contribution < 1.29 is 17.9 Å². The second-order valence-corrected chi connectivity index (χ2v) is 3.71. The van der Waals surface area contributed by atoms with Crippen LogP contribution in [0.1, 0.15) is 0 Å².